The molecule has 0 fully saturated rings. The Bertz CT molecular complexity index is 274. The van der Waals surface area contributed by atoms with E-state index in [9.17, 15) is 4.79 Å². The molecule has 0 aliphatic rings. The maximum atomic E-state index is 11.2. The third kappa shape index (κ3) is 19.1. The second-order valence-electron chi connectivity index (χ2n) is 6.28. The van der Waals surface area contributed by atoms with Gasteiger partial charge in [-0.1, -0.05) is 70.4 Å². The SMILES string of the molecule is CCCCCCCC/C=C/CCCCCCCC(=O)OCCO. The van der Waals surface area contributed by atoms with E-state index in [0.29, 0.717) is 6.42 Å². The zero-order valence-corrected chi connectivity index (χ0v) is 15.2. The number of esters is 1. The Hall–Kier alpha value is -0.830. The molecular formula is C20H38O3. The lowest BCUT2D eigenvalue weighted by atomic mass is 10.1. The maximum absolute atomic E-state index is 11.2. The normalized spacial score (nSPS) is 11.2. The number of carbonyl (C=O) groups is 1. The molecule has 0 saturated heterocycles. The molecule has 0 aromatic heterocycles. The number of hydrogen-bond donors (Lipinski definition) is 1. The first-order chi connectivity index (χ1) is 11.3. The van der Waals surface area contributed by atoms with Crippen LogP contribution in [0.3, 0.4) is 0 Å². The molecule has 0 aromatic carbocycles. The second kappa shape index (κ2) is 19.2. The largest absolute Gasteiger partial charge is 0.463 e. The second-order valence-corrected chi connectivity index (χ2v) is 6.28. The third-order valence-corrected chi connectivity index (χ3v) is 4.00. The average Bonchev–Trinajstić information content (AvgIpc) is 2.56. The fourth-order valence-corrected chi connectivity index (χ4v) is 2.57. The van der Waals surface area contributed by atoms with Crippen molar-refractivity contribution in [2.75, 3.05) is 13.2 Å². The molecule has 0 rings (SSSR count). The number of ether oxygens (including phenoxy) is 1. The topological polar surface area (TPSA) is 46.5 Å². The first-order valence-corrected chi connectivity index (χ1v) is 9.72. The highest BCUT2D eigenvalue weighted by Crippen LogP contribution is 2.10. The smallest absolute Gasteiger partial charge is 0.305 e. The summed E-state index contributed by atoms with van der Waals surface area (Å²) < 4.78 is 4.81. The van der Waals surface area contributed by atoms with Crippen molar-refractivity contribution in [3.63, 3.8) is 0 Å². The van der Waals surface area contributed by atoms with Crippen LogP contribution >= 0.6 is 0 Å². The first kappa shape index (κ1) is 22.2. The van der Waals surface area contributed by atoms with Crippen molar-refractivity contribution in [1.82, 2.24) is 0 Å². The van der Waals surface area contributed by atoms with E-state index in [1.807, 2.05) is 0 Å². The molecule has 136 valence electrons. The monoisotopic (exact) mass is 326 g/mol. The molecule has 0 aromatic rings. The summed E-state index contributed by atoms with van der Waals surface area (Å²) in [5.74, 6) is -0.184. The van der Waals surface area contributed by atoms with E-state index in [4.69, 9.17) is 9.84 Å². The number of rotatable bonds is 17. The van der Waals surface area contributed by atoms with Gasteiger partial charge in [-0.25, -0.2) is 0 Å². The standard InChI is InChI=1S/C20H38O3/c1-2-3-4-5-6-7-8-9-10-11-12-13-14-15-16-17-20(22)23-19-18-21/h9-10,21H,2-8,11-19H2,1H3/b10-9+. The first-order valence-electron chi connectivity index (χ1n) is 9.72. The van der Waals surface area contributed by atoms with Crippen LogP contribution in [0.25, 0.3) is 0 Å². The third-order valence-electron chi connectivity index (χ3n) is 4.00. The van der Waals surface area contributed by atoms with Crippen LogP contribution < -0.4 is 0 Å². The molecule has 1 N–H and O–H groups in total. The summed E-state index contributed by atoms with van der Waals surface area (Å²) in [5, 5.41) is 8.54. The number of aliphatic hydroxyl groups excluding tert-OH is 1. The van der Waals surface area contributed by atoms with Crippen LogP contribution in [0, 0.1) is 0 Å². The minimum Gasteiger partial charge on any atom is -0.463 e. The fourth-order valence-electron chi connectivity index (χ4n) is 2.57. The van der Waals surface area contributed by atoms with Crippen molar-refractivity contribution in [2.45, 2.75) is 96.8 Å². The van der Waals surface area contributed by atoms with Crippen LogP contribution in [0.1, 0.15) is 96.8 Å². The van der Waals surface area contributed by atoms with E-state index in [-0.39, 0.29) is 19.2 Å². The van der Waals surface area contributed by atoms with Crippen LogP contribution in [0.15, 0.2) is 12.2 Å². The molecular weight excluding hydrogens is 288 g/mol. The predicted molar refractivity (Wildman–Crippen MR) is 97.5 cm³/mol. The highest BCUT2D eigenvalue weighted by atomic mass is 16.5. The zero-order chi connectivity index (χ0) is 17.0. The van der Waals surface area contributed by atoms with Gasteiger partial charge in [0.25, 0.3) is 0 Å². The minimum atomic E-state index is -0.184. The lowest BCUT2D eigenvalue weighted by Gasteiger charge is -2.02. The number of hydrogen-bond acceptors (Lipinski definition) is 3. The molecule has 3 nitrogen and oxygen atoms in total. The highest BCUT2D eigenvalue weighted by Gasteiger charge is 2.01. The van der Waals surface area contributed by atoms with Crippen molar-refractivity contribution >= 4 is 5.97 Å². The lowest BCUT2D eigenvalue weighted by Crippen LogP contribution is -2.07. The van der Waals surface area contributed by atoms with E-state index in [1.54, 1.807) is 0 Å². The van der Waals surface area contributed by atoms with Gasteiger partial charge in [-0.3, -0.25) is 4.79 Å². The molecule has 23 heavy (non-hydrogen) atoms. The van der Waals surface area contributed by atoms with Crippen LogP contribution in [-0.4, -0.2) is 24.3 Å². The zero-order valence-electron chi connectivity index (χ0n) is 15.2. The number of allylic oxidation sites excluding steroid dienone is 2. The predicted octanol–water partition coefficient (Wildman–Crippen LogP) is 5.56. The van der Waals surface area contributed by atoms with Crippen molar-refractivity contribution in [3.8, 4) is 0 Å². The Morgan fingerprint density at radius 1 is 0.826 bits per heavy atom. The Morgan fingerprint density at radius 3 is 1.91 bits per heavy atom. The Morgan fingerprint density at radius 2 is 1.35 bits per heavy atom. The van der Waals surface area contributed by atoms with Crippen molar-refractivity contribution in [2.24, 2.45) is 0 Å². The van der Waals surface area contributed by atoms with Gasteiger partial charge in [0.15, 0.2) is 0 Å². The van der Waals surface area contributed by atoms with Crippen LogP contribution in [0.2, 0.25) is 0 Å². The van der Waals surface area contributed by atoms with Crippen molar-refractivity contribution in [1.29, 1.82) is 0 Å². The summed E-state index contributed by atoms with van der Waals surface area (Å²) in [6.45, 7) is 2.30. The van der Waals surface area contributed by atoms with Gasteiger partial charge in [-0.2, -0.15) is 0 Å². The molecule has 0 amide bonds. The molecule has 0 heterocycles. The summed E-state index contributed by atoms with van der Waals surface area (Å²) in [5.41, 5.74) is 0. The van der Waals surface area contributed by atoms with Crippen molar-refractivity contribution in [3.05, 3.63) is 12.2 Å². The Kier molecular flexibility index (Phi) is 18.5. The molecule has 0 spiro atoms. The summed E-state index contributed by atoms with van der Waals surface area (Å²) in [7, 11) is 0. The van der Waals surface area contributed by atoms with Crippen molar-refractivity contribution < 1.29 is 14.6 Å². The lowest BCUT2D eigenvalue weighted by molar-refractivity contribution is -0.144. The van der Waals surface area contributed by atoms with Gasteiger partial charge >= 0.3 is 5.97 Å². The Balaban J connectivity index is 3.14. The van der Waals surface area contributed by atoms with E-state index >= 15 is 0 Å². The number of unbranched alkanes of at least 4 members (excludes halogenated alkanes) is 11. The highest BCUT2D eigenvalue weighted by molar-refractivity contribution is 5.69. The van der Waals surface area contributed by atoms with Crippen LogP contribution in [0.5, 0.6) is 0 Å². The average molecular weight is 327 g/mol. The van der Waals surface area contributed by atoms with Gasteiger partial charge in [0.05, 0.1) is 6.61 Å². The molecule has 0 saturated carbocycles. The number of carbonyl (C=O) groups excluding carboxylic acids is 1. The molecule has 3 heteroatoms. The minimum absolute atomic E-state index is 0.0852. The molecule has 0 aliphatic heterocycles. The van der Waals surface area contributed by atoms with Gasteiger partial charge < -0.3 is 9.84 Å². The van der Waals surface area contributed by atoms with Gasteiger partial charge in [-0.15, -0.1) is 0 Å². The van der Waals surface area contributed by atoms with Gasteiger partial charge in [0, 0.05) is 6.42 Å². The summed E-state index contributed by atoms with van der Waals surface area (Å²) in [4.78, 5) is 11.2. The molecule has 0 atom stereocenters. The van der Waals surface area contributed by atoms with Gasteiger partial charge in [-0.05, 0) is 32.1 Å². The molecule has 0 bridgehead atoms. The van der Waals surface area contributed by atoms with E-state index < -0.39 is 0 Å². The number of aliphatic hydroxyl groups is 1. The van der Waals surface area contributed by atoms with Gasteiger partial charge in [0.2, 0.25) is 0 Å². The maximum Gasteiger partial charge on any atom is 0.305 e. The van der Waals surface area contributed by atoms with Gasteiger partial charge in [0.1, 0.15) is 6.61 Å². The summed E-state index contributed by atoms with van der Waals surface area (Å²) in [6, 6.07) is 0. The van der Waals surface area contributed by atoms with E-state index in [1.165, 1.54) is 70.6 Å². The van der Waals surface area contributed by atoms with Crippen LogP contribution in [-0.2, 0) is 9.53 Å². The van der Waals surface area contributed by atoms with E-state index in [2.05, 4.69) is 19.1 Å². The van der Waals surface area contributed by atoms with Crippen LogP contribution in [0.4, 0.5) is 0 Å². The molecule has 0 radical (unpaired) electrons. The molecule has 0 aliphatic carbocycles. The fraction of sp³-hybridized carbons (Fsp3) is 0.850. The molecule has 0 unspecified atom stereocenters. The van der Waals surface area contributed by atoms with E-state index in [0.717, 1.165) is 12.8 Å². The summed E-state index contributed by atoms with van der Waals surface area (Å²) >= 11 is 0. The summed E-state index contributed by atoms with van der Waals surface area (Å²) in [6.07, 6.45) is 21.5. The quantitative estimate of drug-likeness (QED) is 0.216. The Labute approximate surface area is 143 Å².